The van der Waals surface area contributed by atoms with Gasteiger partial charge in [-0.1, -0.05) is 39.0 Å². The summed E-state index contributed by atoms with van der Waals surface area (Å²) in [6.45, 7) is 5.44. The number of hydrazine groups is 1. The van der Waals surface area contributed by atoms with Gasteiger partial charge in [0, 0.05) is 5.56 Å². The Hall–Kier alpha value is -2.23. The summed E-state index contributed by atoms with van der Waals surface area (Å²) in [7, 11) is -3.81. The first-order valence-electron chi connectivity index (χ1n) is 8.49. The van der Waals surface area contributed by atoms with Crippen LogP contribution in [-0.4, -0.2) is 26.3 Å². The molecule has 2 aromatic rings. The second-order valence-electron chi connectivity index (χ2n) is 6.27. The number of sulfonamides is 1. The molecule has 0 saturated carbocycles. The maximum absolute atomic E-state index is 12.4. The van der Waals surface area contributed by atoms with Crippen molar-refractivity contribution in [2.24, 2.45) is 5.92 Å². The van der Waals surface area contributed by atoms with Gasteiger partial charge in [0.25, 0.3) is 21.8 Å². The molecule has 1 aromatic heterocycles. The minimum absolute atomic E-state index is 0.126. The monoisotopic (exact) mass is 409 g/mol. The molecule has 1 heterocycles. The summed E-state index contributed by atoms with van der Waals surface area (Å²) < 4.78 is 27.2. The van der Waals surface area contributed by atoms with Gasteiger partial charge in [-0.25, -0.2) is 8.42 Å². The van der Waals surface area contributed by atoms with Crippen molar-refractivity contribution in [3.8, 4) is 0 Å². The van der Waals surface area contributed by atoms with E-state index in [2.05, 4.69) is 15.6 Å². The first-order chi connectivity index (χ1) is 12.7. The molecule has 27 heavy (non-hydrogen) atoms. The van der Waals surface area contributed by atoms with Crippen LogP contribution < -0.4 is 15.6 Å². The average molecular weight is 410 g/mol. The highest BCUT2D eigenvalue weighted by Gasteiger charge is 2.29. The van der Waals surface area contributed by atoms with E-state index in [0.29, 0.717) is 5.56 Å². The van der Waals surface area contributed by atoms with E-state index in [1.54, 1.807) is 37.4 Å². The number of hydrogen-bond acceptors (Lipinski definition) is 5. The molecule has 9 heteroatoms. The SMILES string of the molecule is CCc1ccc(C(=O)NNC(=O)C(NS(=O)(=O)c2cccs2)C(C)C)cc1. The lowest BCUT2D eigenvalue weighted by Gasteiger charge is -2.21. The Morgan fingerprint density at radius 3 is 2.26 bits per heavy atom. The highest BCUT2D eigenvalue weighted by atomic mass is 32.2. The molecule has 0 radical (unpaired) electrons. The molecule has 0 spiro atoms. The lowest BCUT2D eigenvalue weighted by Crippen LogP contribution is -2.54. The first kappa shape index (κ1) is 21.1. The summed E-state index contributed by atoms with van der Waals surface area (Å²) >= 11 is 1.06. The van der Waals surface area contributed by atoms with E-state index in [4.69, 9.17) is 0 Å². The van der Waals surface area contributed by atoms with Crippen LogP contribution in [0.15, 0.2) is 46.0 Å². The number of thiophene rings is 1. The molecule has 146 valence electrons. The van der Waals surface area contributed by atoms with Crippen molar-refractivity contribution in [3.63, 3.8) is 0 Å². The van der Waals surface area contributed by atoms with E-state index in [1.807, 2.05) is 19.1 Å². The largest absolute Gasteiger partial charge is 0.271 e. The Kier molecular flexibility index (Phi) is 7.11. The highest BCUT2D eigenvalue weighted by molar-refractivity contribution is 7.91. The average Bonchev–Trinajstić information content (AvgIpc) is 3.19. The van der Waals surface area contributed by atoms with Gasteiger partial charge in [0.2, 0.25) is 0 Å². The Morgan fingerprint density at radius 1 is 1.07 bits per heavy atom. The number of carbonyl (C=O) groups excluding carboxylic acids is 2. The third-order valence-electron chi connectivity index (χ3n) is 3.91. The maximum Gasteiger partial charge on any atom is 0.269 e. The second kappa shape index (κ2) is 9.12. The molecule has 0 aliphatic rings. The standard InChI is InChI=1S/C18H23N3O4S2/c1-4-13-7-9-14(10-8-13)17(22)19-20-18(23)16(12(2)3)21-27(24,25)15-6-5-11-26-15/h5-12,16,21H,4H2,1-3H3,(H,19,22)(H,20,23). The molecular weight excluding hydrogens is 386 g/mol. The number of rotatable bonds is 7. The second-order valence-corrected chi connectivity index (χ2v) is 9.16. The molecule has 7 nitrogen and oxygen atoms in total. The van der Waals surface area contributed by atoms with Crippen LogP contribution in [0, 0.1) is 5.92 Å². The summed E-state index contributed by atoms with van der Waals surface area (Å²) in [4.78, 5) is 24.6. The fourth-order valence-electron chi connectivity index (χ4n) is 2.29. The Labute approximate surface area is 163 Å². The van der Waals surface area contributed by atoms with Crippen molar-refractivity contribution in [2.45, 2.75) is 37.4 Å². The van der Waals surface area contributed by atoms with E-state index in [-0.39, 0.29) is 10.1 Å². The molecule has 0 aliphatic heterocycles. The fraction of sp³-hybridized carbons (Fsp3) is 0.333. The van der Waals surface area contributed by atoms with Crippen molar-refractivity contribution in [2.75, 3.05) is 0 Å². The van der Waals surface area contributed by atoms with E-state index in [0.717, 1.165) is 23.3 Å². The zero-order chi connectivity index (χ0) is 20.0. The van der Waals surface area contributed by atoms with E-state index < -0.39 is 27.9 Å². The van der Waals surface area contributed by atoms with Gasteiger partial charge in [-0.15, -0.1) is 11.3 Å². The van der Waals surface area contributed by atoms with Crippen molar-refractivity contribution in [1.82, 2.24) is 15.6 Å². The number of amides is 2. The van der Waals surface area contributed by atoms with Gasteiger partial charge in [0.05, 0.1) is 0 Å². The van der Waals surface area contributed by atoms with Crippen LogP contribution in [0.2, 0.25) is 0 Å². The van der Waals surface area contributed by atoms with Crippen LogP contribution in [0.25, 0.3) is 0 Å². The smallest absolute Gasteiger partial charge is 0.269 e. The lowest BCUT2D eigenvalue weighted by atomic mass is 10.1. The van der Waals surface area contributed by atoms with Crippen LogP contribution >= 0.6 is 11.3 Å². The Balaban J connectivity index is 2.01. The number of hydrogen-bond donors (Lipinski definition) is 3. The van der Waals surface area contributed by atoms with Gasteiger partial charge < -0.3 is 0 Å². The van der Waals surface area contributed by atoms with E-state index in [1.165, 1.54) is 6.07 Å². The minimum Gasteiger partial charge on any atom is -0.271 e. The number of benzene rings is 1. The zero-order valence-corrected chi connectivity index (χ0v) is 17.0. The third-order valence-corrected chi connectivity index (χ3v) is 6.75. The van der Waals surface area contributed by atoms with Crippen LogP contribution in [0.3, 0.4) is 0 Å². The van der Waals surface area contributed by atoms with E-state index >= 15 is 0 Å². The molecule has 0 bridgehead atoms. The summed E-state index contributed by atoms with van der Waals surface area (Å²) in [6, 6.07) is 9.06. The highest BCUT2D eigenvalue weighted by Crippen LogP contribution is 2.17. The molecule has 0 aliphatic carbocycles. The van der Waals surface area contributed by atoms with Crippen LogP contribution in [-0.2, 0) is 21.2 Å². The minimum atomic E-state index is -3.81. The summed E-state index contributed by atoms with van der Waals surface area (Å²) in [5.41, 5.74) is 6.11. The van der Waals surface area contributed by atoms with Gasteiger partial charge in [0.1, 0.15) is 10.3 Å². The quantitative estimate of drug-likeness (QED) is 0.609. The van der Waals surface area contributed by atoms with Gasteiger partial charge in [-0.2, -0.15) is 4.72 Å². The zero-order valence-electron chi connectivity index (χ0n) is 15.4. The van der Waals surface area contributed by atoms with Crippen LogP contribution in [0.5, 0.6) is 0 Å². The fourth-order valence-corrected chi connectivity index (χ4v) is 4.65. The maximum atomic E-state index is 12.4. The first-order valence-corrected chi connectivity index (χ1v) is 10.9. The summed E-state index contributed by atoms with van der Waals surface area (Å²) in [5, 5.41) is 1.64. The molecule has 2 rings (SSSR count). The Bertz CT molecular complexity index is 876. The predicted octanol–water partition coefficient (Wildman–Crippen LogP) is 2.07. The number of carbonyl (C=O) groups is 2. The predicted molar refractivity (Wildman–Crippen MR) is 105 cm³/mol. The molecule has 2 amide bonds. The van der Waals surface area contributed by atoms with Crippen LogP contribution in [0.4, 0.5) is 0 Å². The molecular formula is C18H23N3O4S2. The van der Waals surface area contributed by atoms with Crippen molar-refractivity contribution in [1.29, 1.82) is 0 Å². The van der Waals surface area contributed by atoms with Crippen molar-refractivity contribution >= 4 is 33.2 Å². The summed E-state index contributed by atoms with van der Waals surface area (Å²) in [6.07, 6.45) is 0.860. The number of nitrogens with one attached hydrogen (secondary N) is 3. The molecule has 1 unspecified atom stereocenters. The Morgan fingerprint density at radius 2 is 1.74 bits per heavy atom. The number of aryl methyl sites for hydroxylation is 1. The van der Waals surface area contributed by atoms with Gasteiger partial charge in [-0.05, 0) is 41.5 Å². The third kappa shape index (κ3) is 5.62. The van der Waals surface area contributed by atoms with Crippen LogP contribution in [0.1, 0.15) is 36.7 Å². The summed E-state index contributed by atoms with van der Waals surface area (Å²) in [5.74, 6) is -1.43. The van der Waals surface area contributed by atoms with Crippen molar-refractivity contribution in [3.05, 3.63) is 52.9 Å². The van der Waals surface area contributed by atoms with Gasteiger partial charge in [-0.3, -0.25) is 20.4 Å². The topological polar surface area (TPSA) is 104 Å². The molecule has 1 aromatic carbocycles. The molecule has 0 fully saturated rings. The molecule has 1 atom stereocenters. The molecule has 0 saturated heterocycles. The van der Waals surface area contributed by atoms with Gasteiger partial charge >= 0.3 is 0 Å². The molecule has 3 N–H and O–H groups in total. The van der Waals surface area contributed by atoms with E-state index in [9.17, 15) is 18.0 Å². The van der Waals surface area contributed by atoms with Crippen molar-refractivity contribution < 1.29 is 18.0 Å². The lowest BCUT2D eigenvalue weighted by molar-refractivity contribution is -0.124. The van der Waals surface area contributed by atoms with Gasteiger partial charge in [0.15, 0.2) is 0 Å². The normalized spacial score (nSPS) is 12.6.